The minimum atomic E-state index is 0.134. The minimum absolute atomic E-state index is 0.134. The maximum Gasteiger partial charge on any atom is 0.257 e. The number of nitrogens with one attached hydrogen (secondary N) is 2. The van der Waals surface area contributed by atoms with E-state index in [4.69, 9.17) is 24.8 Å². The zero-order chi connectivity index (χ0) is 21.4. The van der Waals surface area contributed by atoms with E-state index < -0.39 is 0 Å². The fourth-order valence-electron chi connectivity index (χ4n) is 3.09. The number of aryl methyl sites for hydroxylation is 1. The SMILES string of the molecule is CCC(CC)Nc1nc(C)c(-c2ccc(C(C)C)nc2NCCCO)nc1OC. The molecule has 0 saturated carbocycles. The molecule has 0 bridgehead atoms. The molecule has 2 aromatic rings. The van der Waals surface area contributed by atoms with Crippen LogP contribution in [0.3, 0.4) is 0 Å². The Bertz CT molecular complexity index is 791. The summed E-state index contributed by atoms with van der Waals surface area (Å²) in [5.74, 6) is 2.22. The van der Waals surface area contributed by atoms with Crippen LogP contribution in [0, 0.1) is 6.92 Å². The van der Waals surface area contributed by atoms with Gasteiger partial charge in [-0.1, -0.05) is 27.7 Å². The maximum atomic E-state index is 9.12. The average molecular weight is 402 g/mol. The predicted octanol–water partition coefficient (Wildman–Crippen LogP) is 4.37. The van der Waals surface area contributed by atoms with Crippen LogP contribution in [0.2, 0.25) is 0 Å². The molecule has 0 aromatic carbocycles. The van der Waals surface area contributed by atoms with Gasteiger partial charge in [0.15, 0.2) is 5.82 Å². The van der Waals surface area contributed by atoms with Gasteiger partial charge >= 0.3 is 0 Å². The van der Waals surface area contributed by atoms with Gasteiger partial charge < -0.3 is 20.5 Å². The summed E-state index contributed by atoms with van der Waals surface area (Å²) in [6.07, 6.45) is 2.66. The number of aromatic nitrogens is 3. The van der Waals surface area contributed by atoms with Crippen LogP contribution in [0.5, 0.6) is 5.88 Å². The van der Waals surface area contributed by atoms with Gasteiger partial charge in [-0.25, -0.2) is 15.0 Å². The topological polar surface area (TPSA) is 92.2 Å². The largest absolute Gasteiger partial charge is 0.478 e. The van der Waals surface area contributed by atoms with E-state index in [2.05, 4.69) is 38.3 Å². The third-order valence-corrected chi connectivity index (χ3v) is 4.95. The Balaban J connectivity index is 2.49. The lowest BCUT2D eigenvalue weighted by Crippen LogP contribution is -2.19. The highest BCUT2D eigenvalue weighted by molar-refractivity contribution is 5.75. The highest BCUT2D eigenvalue weighted by Crippen LogP contribution is 2.33. The Labute approximate surface area is 174 Å². The van der Waals surface area contributed by atoms with Gasteiger partial charge in [-0.15, -0.1) is 0 Å². The summed E-state index contributed by atoms with van der Waals surface area (Å²) in [4.78, 5) is 14.3. The first kappa shape index (κ1) is 22.9. The van der Waals surface area contributed by atoms with E-state index >= 15 is 0 Å². The van der Waals surface area contributed by atoms with Gasteiger partial charge in [0.05, 0.1) is 18.5 Å². The molecule has 29 heavy (non-hydrogen) atoms. The van der Waals surface area contributed by atoms with E-state index in [1.54, 1.807) is 7.11 Å². The van der Waals surface area contributed by atoms with Crippen molar-refractivity contribution in [1.82, 2.24) is 15.0 Å². The fourth-order valence-corrected chi connectivity index (χ4v) is 3.09. The maximum absolute atomic E-state index is 9.12. The Morgan fingerprint density at radius 3 is 2.38 bits per heavy atom. The quantitative estimate of drug-likeness (QED) is 0.481. The second-order valence-electron chi connectivity index (χ2n) is 7.46. The molecule has 0 spiro atoms. The molecule has 2 rings (SSSR count). The summed E-state index contributed by atoms with van der Waals surface area (Å²) in [5, 5.41) is 15.9. The van der Waals surface area contributed by atoms with Crippen LogP contribution in [0.4, 0.5) is 11.6 Å². The summed E-state index contributed by atoms with van der Waals surface area (Å²) in [7, 11) is 1.61. The smallest absolute Gasteiger partial charge is 0.257 e. The summed E-state index contributed by atoms with van der Waals surface area (Å²) in [6, 6.07) is 4.39. The summed E-state index contributed by atoms with van der Waals surface area (Å²) in [5.41, 5.74) is 3.43. The van der Waals surface area contributed by atoms with Crippen molar-refractivity contribution in [1.29, 1.82) is 0 Å². The van der Waals surface area contributed by atoms with Crippen molar-refractivity contribution < 1.29 is 9.84 Å². The lowest BCUT2D eigenvalue weighted by Gasteiger charge is -2.19. The number of aliphatic hydroxyl groups excluding tert-OH is 1. The number of ether oxygens (including phenoxy) is 1. The third-order valence-electron chi connectivity index (χ3n) is 4.95. The van der Waals surface area contributed by atoms with Crippen molar-refractivity contribution in [3.05, 3.63) is 23.5 Å². The molecule has 2 aromatic heterocycles. The molecule has 0 atom stereocenters. The van der Waals surface area contributed by atoms with E-state index in [1.807, 2.05) is 19.1 Å². The van der Waals surface area contributed by atoms with Crippen molar-refractivity contribution in [3.63, 3.8) is 0 Å². The number of hydrogen-bond acceptors (Lipinski definition) is 7. The number of hydrogen-bond donors (Lipinski definition) is 3. The van der Waals surface area contributed by atoms with Crippen LogP contribution >= 0.6 is 0 Å². The van der Waals surface area contributed by atoms with Crippen LogP contribution in [-0.4, -0.2) is 46.4 Å². The summed E-state index contributed by atoms with van der Waals surface area (Å²) < 4.78 is 5.54. The van der Waals surface area contributed by atoms with Crippen LogP contribution in [0.15, 0.2) is 12.1 Å². The van der Waals surface area contributed by atoms with Crippen molar-refractivity contribution in [2.45, 2.75) is 65.8 Å². The first-order chi connectivity index (χ1) is 13.9. The molecular weight excluding hydrogens is 366 g/mol. The molecule has 0 radical (unpaired) electrons. The third kappa shape index (κ3) is 5.79. The molecule has 2 heterocycles. The molecule has 7 nitrogen and oxygen atoms in total. The van der Waals surface area contributed by atoms with E-state index in [0.717, 1.165) is 41.3 Å². The van der Waals surface area contributed by atoms with Gasteiger partial charge in [-0.3, -0.25) is 0 Å². The standard InChI is InChI=1S/C22H35N5O2/c1-7-16(8-2)25-21-22(29-6)27-19(15(5)24-21)17-10-11-18(14(3)4)26-20(17)23-12-9-13-28/h10-11,14,16,28H,7-9,12-13H2,1-6H3,(H,23,26)(H,24,25). The van der Waals surface area contributed by atoms with Gasteiger partial charge in [0.1, 0.15) is 5.82 Å². The van der Waals surface area contributed by atoms with Crippen molar-refractivity contribution >= 4 is 11.6 Å². The highest BCUT2D eigenvalue weighted by Gasteiger charge is 2.19. The molecule has 160 valence electrons. The zero-order valence-electron chi connectivity index (χ0n) is 18.5. The fraction of sp³-hybridized carbons (Fsp3) is 0.591. The molecule has 0 amide bonds. The number of pyridine rings is 1. The second kappa shape index (κ2) is 11.0. The molecule has 0 unspecified atom stereocenters. The molecular formula is C22H35N5O2. The van der Waals surface area contributed by atoms with Crippen molar-refractivity contribution in [2.75, 3.05) is 30.9 Å². The minimum Gasteiger partial charge on any atom is -0.478 e. The predicted molar refractivity (Wildman–Crippen MR) is 119 cm³/mol. The Morgan fingerprint density at radius 2 is 1.79 bits per heavy atom. The molecule has 3 N–H and O–H groups in total. The van der Waals surface area contributed by atoms with E-state index in [0.29, 0.717) is 36.6 Å². The van der Waals surface area contributed by atoms with Gasteiger partial charge in [-0.05, 0) is 44.2 Å². The zero-order valence-corrected chi connectivity index (χ0v) is 18.5. The van der Waals surface area contributed by atoms with E-state index in [1.165, 1.54) is 0 Å². The summed E-state index contributed by atoms with van der Waals surface area (Å²) in [6.45, 7) is 11.2. The number of rotatable bonds is 11. The van der Waals surface area contributed by atoms with Crippen LogP contribution in [0.25, 0.3) is 11.3 Å². The molecule has 0 aliphatic heterocycles. The molecule has 0 fully saturated rings. The normalized spacial score (nSPS) is 11.2. The lowest BCUT2D eigenvalue weighted by molar-refractivity contribution is 0.292. The molecule has 0 aliphatic carbocycles. The Morgan fingerprint density at radius 1 is 1.07 bits per heavy atom. The van der Waals surface area contributed by atoms with E-state index in [9.17, 15) is 0 Å². The van der Waals surface area contributed by atoms with Gasteiger partial charge in [0, 0.05) is 30.5 Å². The Hall–Kier alpha value is -2.41. The molecule has 0 aliphatic rings. The number of aliphatic hydroxyl groups is 1. The van der Waals surface area contributed by atoms with Gasteiger partial charge in [0.2, 0.25) is 0 Å². The van der Waals surface area contributed by atoms with Crippen molar-refractivity contribution in [3.8, 4) is 17.1 Å². The second-order valence-corrected chi connectivity index (χ2v) is 7.46. The van der Waals surface area contributed by atoms with E-state index in [-0.39, 0.29) is 6.61 Å². The molecule has 0 saturated heterocycles. The van der Waals surface area contributed by atoms with Crippen LogP contribution in [0.1, 0.15) is 64.3 Å². The average Bonchev–Trinajstić information content (AvgIpc) is 2.72. The first-order valence-electron chi connectivity index (χ1n) is 10.5. The number of nitrogens with zero attached hydrogens (tertiary/aromatic N) is 3. The monoisotopic (exact) mass is 401 g/mol. The summed E-state index contributed by atoms with van der Waals surface area (Å²) >= 11 is 0. The number of anilines is 2. The van der Waals surface area contributed by atoms with Crippen LogP contribution < -0.4 is 15.4 Å². The Kier molecular flexibility index (Phi) is 8.64. The van der Waals surface area contributed by atoms with Gasteiger partial charge in [-0.2, -0.15) is 0 Å². The van der Waals surface area contributed by atoms with Crippen molar-refractivity contribution in [2.24, 2.45) is 0 Å². The number of methoxy groups -OCH3 is 1. The van der Waals surface area contributed by atoms with Crippen LogP contribution in [-0.2, 0) is 0 Å². The molecule has 7 heteroatoms. The first-order valence-corrected chi connectivity index (χ1v) is 10.5. The lowest BCUT2D eigenvalue weighted by atomic mass is 10.1. The van der Waals surface area contributed by atoms with Gasteiger partial charge in [0.25, 0.3) is 5.88 Å². The highest BCUT2D eigenvalue weighted by atomic mass is 16.5.